The van der Waals surface area contributed by atoms with E-state index in [1.54, 1.807) is 24.3 Å². The fraction of sp³-hybridized carbons (Fsp3) is 0.364. The minimum Gasteiger partial charge on any atom is -0.495 e. The molecule has 0 fully saturated rings. The van der Waals surface area contributed by atoms with E-state index in [0.29, 0.717) is 30.1 Å². The lowest BCUT2D eigenvalue weighted by atomic mass is 10.2. The molecular formula is C22H29N5O5S. The number of Topliss-reactive ketones (excluding diaryl/α,β-unsaturated/α-hetero) is 1. The molecule has 2 rings (SSSR count). The van der Waals surface area contributed by atoms with Gasteiger partial charge in [-0.1, -0.05) is 12.1 Å². The Morgan fingerprint density at radius 2 is 1.76 bits per heavy atom. The number of nitrogens with zero attached hydrogens (tertiary/aromatic N) is 3. The summed E-state index contributed by atoms with van der Waals surface area (Å²) in [6.07, 6.45) is 0.682. The predicted molar refractivity (Wildman–Crippen MR) is 125 cm³/mol. The molecule has 0 aromatic heterocycles. The molecule has 0 saturated carbocycles. The normalized spacial score (nSPS) is 12.6. The van der Waals surface area contributed by atoms with Crippen LogP contribution in [0, 0.1) is 0 Å². The van der Waals surface area contributed by atoms with Crippen LogP contribution in [0.15, 0.2) is 63.7 Å². The molecule has 10 nitrogen and oxygen atoms in total. The second-order valence-corrected chi connectivity index (χ2v) is 9.23. The molecule has 1 amide bonds. The van der Waals surface area contributed by atoms with Crippen molar-refractivity contribution in [2.24, 2.45) is 10.2 Å². The Kier molecular flexibility index (Phi) is 9.64. The summed E-state index contributed by atoms with van der Waals surface area (Å²) in [5.74, 6) is -0.707. The topological polar surface area (TPSA) is 130 Å². The van der Waals surface area contributed by atoms with Gasteiger partial charge in [-0.2, -0.15) is 10.2 Å². The van der Waals surface area contributed by atoms with Crippen LogP contribution in [0.1, 0.15) is 13.3 Å². The zero-order valence-electron chi connectivity index (χ0n) is 19.1. The van der Waals surface area contributed by atoms with E-state index in [1.165, 1.54) is 38.3 Å². The number of ketones is 1. The number of benzene rings is 2. The molecule has 33 heavy (non-hydrogen) atoms. The van der Waals surface area contributed by atoms with Crippen molar-refractivity contribution in [2.75, 3.05) is 39.6 Å². The van der Waals surface area contributed by atoms with E-state index < -0.39 is 27.8 Å². The molecule has 1 atom stereocenters. The number of carbonyl (C=O) groups excluding carboxylic acids is 2. The Bertz CT molecular complexity index is 1080. The second kappa shape index (κ2) is 12.2. The van der Waals surface area contributed by atoms with Crippen molar-refractivity contribution in [3.05, 3.63) is 48.5 Å². The molecule has 0 saturated heterocycles. The molecule has 1 unspecified atom stereocenters. The zero-order chi connectivity index (χ0) is 24.4. The van der Waals surface area contributed by atoms with Crippen molar-refractivity contribution in [3.8, 4) is 5.75 Å². The van der Waals surface area contributed by atoms with Crippen molar-refractivity contribution < 1.29 is 22.7 Å². The van der Waals surface area contributed by atoms with Crippen molar-refractivity contribution in [3.63, 3.8) is 0 Å². The smallest absolute Gasteiger partial charge is 0.258 e. The minimum absolute atomic E-state index is 0.0864. The van der Waals surface area contributed by atoms with E-state index in [2.05, 4.69) is 20.3 Å². The van der Waals surface area contributed by atoms with Gasteiger partial charge < -0.3 is 15.0 Å². The highest BCUT2D eigenvalue weighted by Gasteiger charge is 2.24. The average Bonchev–Trinajstić information content (AvgIpc) is 2.77. The van der Waals surface area contributed by atoms with Gasteiger partial charge >= 0.3 is 0 Å². The van der Waals surface area contributed by atoms with E-state index in [-0.39, 0.29) is 4.90 Å². The summed E-state index contributed by atoms with van der Waals surface area (Å²) >= 11 is 0. The van der Waals surface area contributed by atoms with Crippen molar-refractivity contribution >= 4 is 33.1 Å². The van der Waals surface area contributed by atoms with Crippen LogP contribution in [-0.4, -0.2) is 65.3 Å². The number of azo groups is 1. The summed E-state index contributed by atoms with van der Waals surface area (Å²) in [6.45, 7) is 2.33. The highest BCUT2D eigenvalue weighted by molar-refractivity contribution is 7.89. The van der Waals surface area contributed by atoms with Gasteiger partial charge in [-0.05, 0) is 70.4 Å². The molecular weight excluding hydrogens is 446 g/mol. The summed E-state index contributed by atoms with van der Waals surface area (Å²) in [6, 6.07) is 11.1. The van der Waals surface area contributed by atoms with Gasteiger partial charge in [-0.15, -0.1) is 0 Å². The molecule has 0 aliphatic carbocycles. The number of anilines is 1. The van der Waals surface area contributed by atoms with Gasteiger partial charge in [0, 0.05) is 6.54 Å². The third kappa shape index (κ3) is 8.04. The first-order chi connectivity index (χ1) is 15.6. The number of carbonyl (C=O) groups is 2. The number of hydrogen-bond donors (Lipinski definition) is 2. The number of para-hydroxylation sites is 2. The molecule has 11 heteroatoms. The van der Waals surface area contributed by atoms with E-state index in [1.807, 2.05) is 19.0 Å². The molecule has 0 radical (unpaired) electrons. The first-order valence-corrected chi connectivity index (χ1v) is 11.7. The fourth-order valence-electron chi connectivity index (χ4n) is 2.77. The maximum absolute atomic E-state index is 12.6. The number of nitrogens with one attached hydrogen (secondary N) is 2. The summed E-state index contributed by atoms with van der Waals surface area (Å²) in [4.78, 5) is 26.6. The lowest BCUT2D eigenvalue weighted by Gasteiger charge is -2.12. The second-order valence-electron chi connectivity index (χ2n) is 7.47. The van der Waals surface area contributed by atoms with Crippen LogP contribution in [0.4, 0.5) is 11.4 Å². The van der Waals surface area contributed by atoms with Crippen molar-refractivity contribution in [2.45, 2.75) is 24.3 Å². The third-order valence-corrected chi connectivity index (χ3v) is 5.99. The molecule has 2 aromatic rings. The summed E-state index contributed by atoms with van der Waals surface area (Å²) in [5, 5.41) is 10.4. The molecule has 2 N–H and O–H groups in total. The Hall–Kier alpha value is -3.15. The van der Waals surface area contributed by atoms with Crippen LogP contribution in [0.3, 0.4) is 0 Å². The van der Waals surface area contributed by atoms with E-state index >= 15 is 0 Å². The first-order valence-electron chi connectivity index (χ1n) is 10.2. The summed E-state index contributed by atoms with van der Waals surface area (Å²) in [7, 11) is 1.66. The van der Waals surface area contributed by atoms with E-state index in [0.717, 1.165) is 6.54 Å². The lowest BCUT2D eigenvalue weighted by Crippen LogP contribution is -2.31. The standard InChI is InChI=1S/C22H29N5O5S/c1-16(28)21(22(29)24-19-8-5-6-9-20(19)32-4)26-25-17-10-12-18(13-11-17)33(30,31)23-14-7-15-27(2)3/h5-6,8-13,21,23H,7,14-15H2,1-4H3,(H,24,29). The molecule has 0 aliphatic heterocycles. The largest absolute Gasteiger partial charge is 0.495 e. The molecule has 0 heterocycles. The summed E-state index contributed by atoms with van der Waals surface area (Å²) < 4.78 is 32.5. The van der Waals surface area contributed by atoms with Crippen molar-refractivity contribution in [1.82, 2.24) is 9.62 Å². The zero-order valence-corrected chi connectivity index (χ0v) is 19.9. The molecule has 178 valence electrons. The van der Waals surface area contributed by atoms with Gasteiger partial charge in [0.2, 0.25) is 16.1 Å². The van der Waals surface area contributed by atoms with E-state index in [4.69, 9.17) is 4.74 Å². The molecule has 0 aliphatic rings. The fourth-order valence-corrected chi connectivity index (χ4v) is 3.84. The highest BCUT2D eigenvalue weighted by atomic mass is 32.2. The molecule has 0 spiro atoms. The monoisotopic (exact) mass is 475 g/mol. The van der Waals surface area contributed by atoms with Gasteiger partial charge in [0.25, 0.3) is 5.91 Å². The van der Waals surface area contributed by atoms with E-state index in [9.17, 15) is 18.0 Å². The van der Waals surface area contributed by atoms with Gasteiger partial charge in [0.05, 0.1) is 23.4 Å². The Labute approximate surface area is 194 Å². The van der Waals surface area contributed by atoms with Crippen molar-refractivity contribution in [1.29, 1.82) is 0 Å². The first kappa shape index (κ1) is 26.1. The Morgan fingerprint density at radius 1 is 1.09 bits per heavy atom. The maximum atomic E-state index is 12.6. The SMILES string of the molecule is COc1ccccc1NC(=O)C(N=Nc1ccc(S(=O)(=O)NCCCN(C)C)cc1)C(C)=O. The highest BCUT2D eigenvalue weighted by Crippen LogP contribution is 2.24. The quantitative estimate of drug-likeness (QED) is 0.276. The number of sulfonamides is 1. The van der Waals surface area contributed by atoms with Gasteiger partial charge in [0.15, 0.2) is 5.78 Å². The summed E-state index contributed by atoms with van der Waals surface area (Å²) in [5.41, 5.74) is 0.706. The average molecular weight is 476 g/mol. The Morgan fingerprint density at radius 3 is 2.36 bits per heavy atom. The number of amides is 1. The van der Waals surface area contributed by atoms with Crippen LogP contribution in [0.2, 0.25) is 0 Å². The predicted octanol–water partition coefficient (Wildman–Crippen LogP) is 2.61. The lowest BCUT2D eigenvalue weighted by molar-refractivity contribution is -0.126. The molecule has 0 bridgehead atoms. The van der Waals surface area contributed by atoms with Gasteiger partial charge in [0.1, 0.15) is 5.75 Å². The minimum atomic E-state index is -3.65. The van der Waals surface area contributed by atoms with Gasteiger partial charge in [-0.25, -0.2) is 13.1 Å². The van der Waals surface area contributed by atoms with Crippen LogP contribution in [-0.2, 0) is 19.6 Å². The molecule has 2 aromatic carbocycles. The number of methoxy groups -OCH3 is 1. The van der Waals surface area contributed by atoms with Crippen LogP contribution in [0.25, 0.3) is 0 Å². The number of hydrogen-bond acceptors (Lipinski definition) is 8. The maximum Gasteiger partial charge on any atom is 0.258 e. The van der Waals surface area contributed by atoms with Gasteiger partial charge in [-0.3, -0.25) is 9.59 Å². The van der Waals surface area contributed by atoms with Crippen LogP contribution >= 0.6 is 0 Å². The van der Waals surface area contributed by atoms with Crippen LogP contribution in [0.5, 0.6) is 5.75 Å². The Balaban J connectivity index is 2.06. The van der Waals surface area contributed by atoms with Crippen LogP contribution < -0.4 is 14.8 Å². The third-order valence-electron chi connectivity index (χ3n) is 4.51. The number of ether oxygens (including phenoxy) is 1. The number of rotatable bonds is 12.